The molecule has 0 aliphatic heterocycles. The lowest BCUT2D eigenvalue weighted by molar-refractivity contribution is 0.530. The molecule has 0 atom stereocenters. The maximum Gasteiger partial charge on any atom is 0.0709 e. The summed E-state index contributed by atoms with van der Waals surface area (Å²) >= 11 is 0. The Hall–Kier alpha value is -0.830. The molecular weight excluding hydrogens is 234 g/mol. The molecule has 0 amide bonds. The third kappa shape index (κ3) is 5.77. The minimum Gasteiger partial charge on any atom is -0.316 e. The largest absolute Gasteiger partial charge is 0.316 e. The van der Waals surface area contributed by atoms with Crippen molar-refractivity contribution in [3.63, 3.8) is 0 Å². The zero-order valence-corrected chi connectivity index (χ0v) is 13.6. The topological polar surface area (TPSA) is 29.9 Å². The third-order valence-electron chi connectivity index (χ3n) is 3.22. The van der Waals surface area contributed by atoms with Crippen LogP contribution in [0.1, 0.15) is 58.7 Å². The average Bonchev–Trinajstić information content (AvgIpc) is 2.64. The van der Waals surface area contributed by atoms with Gasteiger partial charge in [0.2, 0.25) is 0 Å². The molecule has 3 nitrogen and oxygen atoms in total. The molecule has 0 radical (unpaired) electrons. The summed E-state index contributed by atoms with van der Waals surface area (Å²) in [7, 11) is 2.02. The summed E-state index contributed by atoms with van der Waals surface area (Å²) in [6, 6.07) is 0. The van der Waals surface area contributed by atoms with E-state index < -0.39 is 0 Å². The van der Waals surface area contributed by atoms with Gasteiger partial charge < -0.3 is 5.32 Å². The fourth-order valence-corrected chi connectivity index (χ4v) is 2.31. The van der Waals surface area contributed by atoms with Crippen molar-refractivity contribution in [3.05, 3.63) is 17.5 Å². The number of nitrogens with one attached hydrogen (secondary N) is 1. The second-order valence-electron chi connectivity index (χ2n) is 6.98. The van der Waals surface area contributed by atoms with Crippen LogP contribution in [0, 0.1) is 5.92 Å². The van der Waals surface area contributed by atoms with Gasteiger partial charge in [-0.3, -0.25) is 4.68 Å². The molecule has 1 aromatic rings. The van der Waals surface area contributed by atoms with E-state index in [-0.39, 0.29) is 5.41 Å². The SMILES string of the molecule is CC(C)CNCCCCc1cn(C)nc1C(C)(C)C. The molecule has 0 aliphatic rings. The van der Waals surface area contributed by atoms with E-state index >= 15 is 0 Å². The molecular formula is C16H31N3. The summed E-state index contributed by atoms with van der Waals surface area (Å²) in [6.07, 6.45) is 5.80. The van der Waals surface area contributed by atoms with Gasteiger partial charge in [-0.05, 0) is 43.8 Å². The van der Waals surface area contributed by atoms with E-state index in [1.807, 2.05) is 11.7 Å². The van der Waals surface area contributed by atoms with Gasteiger partial charge in [0.25, 0.3) is 0 Å². The van der Waals surface area contributed by atoms with E-state index in [0.717, 1.165) is 25.4 Å². The van der Waals surface area contributed by atoms with E-state index in [1.165, 1.54) is 24.1 Å². The summed E-state index contributed by atoms with van der Waals surface area (Å²) < 4.78 is 1.95. The number of unbranched alkanes of at least 4 members (excludes halogenated alkanes) is 1. The molecule has 0 bridgehead atoms. The van der Waals surface area contributed by atoms with Crippen molar-refractivity contribution < 1.29 is 0 Å². The lowest BCUT2D eigenvalue weighted by Crippen LogP contribution is -2.20. The van der Waals surface area contributed by atoms with E-state index in [2.05, 4.69) is 51.2 Å². The normalized spacial score (nSPS) is 12.4. The number of aryl methyl sites for hydroxylation is 2. The monoisotopic (exact) mass is 265 g/mol. The number of aromatic nitrogens is 2. The number of rotatable bonds is 7. The van der Waals surface area contributed by atoms with Crippen LogP contribution >= 0.6 is 0 Å². The first-order chi connectivity index (χ1) is 8.80. The van der Waals surface area contributed by atoms with Crippen LogP contribution in [0.4, 0.5) is 0 Å². The smallest absolute Gasteiger partial charge is 0.0709 e. The first-order valence-corrected chi connectivity index (χ1v) is 7.54. The second kappa shape index (κ2) is 7.09. The van der Waals surface area contributed by atoms with E-state index in [4.69, 9.17) is 0 Å². The van der Waals surface area contributed by atoms with Gasteiger partial charge in [-0.15, -0.1) is 0 Å². The van der Waals surface area contributed by atoms with Crippen LogP contribution < -0.4 is 5.32 Å². The highest BCUT2D eigenvalue weighted by molar-refractivity contribution is 5.24. The molecule has 1 aromatic heterocycles. The quantitative estimate of drug-likeness (QED) is 0.767. The zero-order chi connectivity index (χ0) is 14.5. The highest BCUT2D eigenvalue weighted by atomic mass is 15.3. The Morgan fingerprint density at radius 3 is 2.53 bits per heavy atom. The Kier molecular flexibility index (Phi) is 6.05. The molecule has 1 N–H and O–H groups in total. The Morgan fingerprint density at radius 1 is 1.26 bits per heavy atom. The van der Waals surface area contributed by atoms with Crippen molar-refractivity contribution in [3.8, 4) is 0 Å². The summed E-state index contributed by atoms with van der Waals surface area (Å²) in [5.41, 5.74) is 2.82. The number of hydrogen-bond acceptors (Lipinski definition) is 2. The van der Waals surface area contributed by atoms with Crippen molar-refractivity contribution in [2.24, 2.45) is 13.0 Å². The molecule has 1 heterocycles. The third-order valence-corrected chi connectivity index (χ3v) is 3.22. The lowest BCUT2D eigenvalue weighted by atomic mass is 9.88. The van der Waals surface area contributed by atoms with Crippen molar-refractivity contribution in [2.45, 2.75) is 59.3 Å². The maximum absolute atomic E-state index is 4.62. The summed E-state index contributed by atoms with van der Waals surface area (Å²) in [5, 5.41) is 8.12. The van der Waals surface area contributed by atoms with Crippen LogP contribution in [0.15, 0.2) is 6.20 Å². The molecule has 0 aliphatic carbocycles. The van der Waals surface area contributed by atoms with Gasteiger partial charge in [-0.2, -0.15) is 5.10 Å². The second-order valence-corrected chi connectivity index (χ2v) is 6.98. The van der Waals surface area contributed by atoms with Crippen molar-refractivity contribution in [1.82, 2.24) is 15.1 Å². The van der Waals surface area contributed by atoms with Crippen LogP contribution in [-0.4, -0.2) is 22.9 Å². The fraction of sp³-hybridized carbons (Fsp3) is 0.812. The molecule has 3 heteroatoms. The summed E-state index contributed by atoms with van der Waals surface area (Å²) in [4.78, 5) is 0. The minimum atomic E-state index is 0.145. The molecule has 0 saturated heterocycles. The maximum atomic E-state index is 4.62. The highest BCUT2D eigenvalue weighted by Gasteiger charge is 2.21. The first kappa shape index (κ1) is 16.2. The minimum absolute atomic E-state index is 0.145. The van der Waals surface area contributed by atoms with Crippen LogP contribution in [0.25, 0.3) is 0 Å². The molecule has 0 spiro atoms. The van der Waals surface area contributed by atoms with Crippen LogP contribution in [0.5, 0.6) is 0 Å². The average molecular weight is 265 g/mol. The molecule has 0 saturated carbocycles. The molecule has 19 heavy (non-hydrogen) atoms. The molecule has 0 fully saturated rings. The zero-order valence-electron chi connectivity index (χ0n) is 13.6. The molecule has 0 aromatic carbocycles. The standard InChI is InChI=1S/C16H31N3/c1-13(2)11-17-10-8-7-9-14-12-19(6)18-15(14)16(3,4)5/h12-13,17H,7-11H2,1-6H3. The van der Waals surface area contributed by atoms with Gasteiger partial charge in [0, 0.05) is 18.7 Å². The van der Waals surface area contributed by atoms with Crippen LogP contribution in [-0.2, 0) is 18.9 Å². The number of hydrogen-bond donors (Lipinski definition) is 1. The predicted molar refractivity (Wildman–Crippen MR) is 82.6 cm³/mol. The predicted octanol–water partition coefficient (Wildman–Crippen LogP) is 3.29. The Morgan fingerprint density at radius 2 is 1.95 bits per heavy atom. The molecule has 110 valence electrons. The van der Waals surface area contributed by atoms with Gasteiger partial charge in [-0.1, -0.05) is 34.6 Å². The lowest BCUT2D eigenvalue weighted by Gasteiger charge is -2.17. The first-order valence-electron chi connectivity index (χ1n) is 7.54. The van der Waals surface area contributed by atoms with E-state index in [9.17, 15) is 0 Å². The van der Waals surface area contributed by atoms with Crippen LogP contribution in [0.2, 0.25) is 0 Å². The molecule has 0 unspecified atom stereocenters. The van der Waals surface area contributed by atoms with Crippen molar-refractivity contribution in [1.29, 1.82) is 0 Å². The van der Waals surface area contributed by atoms with Gasteiger partial charge in [0.15, 0.2) is 0 Å². The fourth-order valence-electron chi connectivity index (χ4n) is 2.31. The summed E-state index contributed by atoms with van der Waals surface area (Å²) in [6.45, 7) is 13.5. The van der Waals surface area contributed by atoms with Crippen LogP contribution in [0.3, 0.4) is 0 Å². The van der Waals surface area contributed by atoms with Gasteiger partial charge in [0.05, 0.1) is 5.69 Å². The van der Waals surface area contributed by atoms with Crippen molar-refractivity contribution in [2.75, 3.05) is 13.1 Å². The Balaban J connectivity index is 2.37. The van der Waals surface area contributed by atoms with Gasteiger partial charge >= 0.3 is 0 Å². The van der Waals surface area contributed by atoms with E-state index in [0.29, 0.717) is 0 Å². The highest BCUT2D eigenvalue weighted by Crippen LogP contribution is 2.25. The molecule has 1 rings (SSSR count). The number of nitrogens with zero attached hydrogens (tertiary/aromatic N) is 2. The summed E-state index contributed by atoms with van der Waals surface area (Å²) in [5.74, 6) is 0.741. The Labute approximate surface area is 118 Å². The van der Waals surface area contributed by atoms with E-state index in [1.54, 1.807) is 0 Å². The van der Waals surface area contributed by atoms with Gasteiger partial charge in [0.1, 0.15) is 0 Å². The van der Waals surface area contributed by atoms with Crippen molar-refractivity contribution >= 4 is 0 Å². The Bertz CT molecular complexity index is 372. The van der Waals surface area contributed by atoms with Gasteiger partial charge in [-0.25, -0.2) is 0 Å².